The summed E-state index contributed by atoms with van der Waals surface area (Å²) in [5, 5.41) is 0. The Bertz CT molecular complexity index is 402. The second-order valence-corrected chi connectivity index (χ2v) is 8.09. The predicted octanol–water partition coefficient (Wildman–Crippen LogP) is 5.39. The molecule has 2 rings (SSSR count). The van der Waals surface area contributed by atoms with Gasteiger partial charge in [-0.25, -0.2) is 0 Å². The molecule has 1 heterocycles. The maximum absolute atomic E-state index is 3.42. The molecular formula is C18H31N. The van der Waals surface area contributed by atoms with Crippen molar-refractivity contribution in [3.8, 4) is 0 Å². The Labute approximate surface area is 119 Å². The molecule has 0 aromatic carbocycles. The zero-order chi connectivity index (χ0) is 14.2. The van der Waals surface area contributed by atoms with Crippen molar-refractivity contribution in [1.29, 1.82) is 0 Å². The van der Waals surface area contributed by atoms with Crippen LogP contribution < -0.4 is 0 Å². The van der Waals surface area contributed by atoms with Gasteiger partial charge in [0.15, 0.2) is 0 Å². The minimum Gasteiger partial charge on any atom is -0.365 e. The Hall–Kier alpha value is -0.720. The topological polar surface area (TPSA) is 15.8 Å². The molecule has 0 aliphatic heterocycles. The van der Waals surface area contributed by atoms with E-state index in [1.54, 1.807) is 0 Å². The molecule has 1 nitrogen and oxygen atoms in total. The third-order valence-electron chi connectivity index (χ3n) is 5.15. The largest absolute Gasteiger partial charge is 0.365 e. The van der Waals surface area contributed by atoms with Crippen LogP contribution in [0.1, 0.15) is 71.6 Å². The van der Waals surface area contributed by atoms with Crippen LogP contribution in [0.25, 0.3) is 0 Å². The van der Waals surface area contributed by atoms with E-state index in [4.69, 9.17) is 0 Å². The van der Waals surface area contributed by atoms with Crippen molar-refractivity contribution < 1.29 is 0 Å². The summed E-state index contributed by atoms with van der Waals surface area (Å²) in [5.41, 5.74) is 3.38. The van der Waals surface area contributed by atoms with Crippen molar-refractivity contribution in [2.45, 2.75) is 66.7 Å². The fourth-order valence-corrected chi connectivity index (χ4v) is 3.28. The van der Waals surface area contributed by atoms with Gasteiger partial charge in [-0.1, -0.05) is 41.5 Å². The number of aromatic amines is 1. The standard InChI is InChI=1S/C18H31N/c1-12(2)17-8-14(11-19-17)7-13(3)15-9-16(10-15)18(4,5)6/h8,11-13,15-16,19H,7,9-10H2,1-6H3. The van der Waals surface area contributed by atoms with Gasteiger partial charge in [-0.05, 0) is 60.0 Å². The summed E-state index contributed by atoms with van der Waals surface area (Å²) >= 11 is 0. The summed E-state index contributed by atoms with van der Waals surface area (Å²) in [6.45, 7) is 14.1. The first kappa shape index (κ1) is 14.7. The monoisotopic (exact) mass is 261 g/mol. The zero-order valence-electron chi connectivity index (χ0n) is 13.6. The first-order chi connectivity index (χ1) is 8.77. The molecule has 1 aromatic rings. The first-order valence-corrected chi connectivity index (χ1v) is 7.94. The van der Waals surface area contributed by atoms with Gasteiger partial charge in [0.05, 0.1) is 0 Å². The van der Waals surface area contributed by atoms with Gasteiger partial charge in [-0.15, -0.1) is 0 Å². The molecule has 0 spiro atoms. The van der Waals surface area contributed by atoms with Crippen molar-refractivity contribution in [1.82, 2.24) is 4.98 Å². The number of rotatable bonds is 4. The van der Waals surface area contributed by atoms with E-state index in [1.807, 2.05) is 0 Å². The molecule has 1 N–H and O–H groups in total. The maximum Gasteiger partial charge on any atom is 0.0175 e. The number of hydrogen-bond acceptors (Lipinski definition) is 0. The van der Waals surface area contributed by atoms with Crippen LogP contribution in [0.2, 0.25) is 0 Å². The van der Waals surface area contributed by atoms with E-state index >= 15 is 0 Å². The second-order valence-electron chi connectivity index (χ2n) is 8.09. The van der Waals surface area contributed by atoms with Crippen LogP contribution in [0.3, 0.4) is 0 Å². The van der Waals surface area contributed by atoms with E-state index in [-0.39, 0.29) is 0 Å². The second kappa shape index (κ2) is 5.34. The highest BCUT2D eigenvalue weighted by Crippen LogP contribution is 2.48. The molecule has 1 heteroatoms. The zero-order valence-corrected chi connectivity index (χ0v) is 13.6. The van der Waals surface area contributed by atoms with Crippen molar-refractivity contribution in [2.24, 2.45) is 23.2 Å². The lowest BCUT2D eigenvalue weighted by molar-refractivity contribution is 0.0445. The van der Waals surface area contributed by atoms with Gasteiger partial charge in [0.25, 0.3) is 0 Å². The number of hydrogen-bond donors (Lipinski definition) is 1. The van der Waals surface area contributed by atoms with Crippen LogP contribution >= 0.6 is 0 Å². The highest BCUT2D eigenvalue weighted by Gasteiger charge is 2.39. The minimum atomic E-state index is 0.509. The minimum absolute atomic E-state index is 0.509. The Balaban J connectivity index is 1.84. The summed E-state index contributed by atoms with van der Waals surface area (Å²) in [6.07, 6.45) is 6.33. The van der Waals surface area contributed by atoms with Gasteiger partial charge in [-0.3, -0.25) is 0 Å². The van der Waals surface area contributed by atoms with Gasteiger partial charge >= 0.3 is 0 Å². The average Bonchev–Trinajstić information content (AvgIpc) is 2.60. The van der Waals surface area contributed by atoms with Crippen LogP contribution in [0.4, 0.5) is 0 Å². The highest BCUT2D eigenvalue weighted by molar-refractivity contribution is 5.19. The van der Waals surface area contributed by atoms with E-state index in [1.165, 1.54) is 30.5 Å². The van der Waals surface area contributed by atoms with Gasteiger partial charge in [0, 0.05) is 11.9 Å². The van der Waals surface area contributed by atoms with E-state index in [0.717, 1.165) is 17.8 Å². The number of H-pyrrole nitrogens is 1. The maximum atomic E-state index is 3.42. The summed E-state index contributed by atoms with van der Waals surface area (Å²) in [4.78, 5) is 3.42. The van der Waals surface area contributed by atoms with Gasteiger partial charge < -0.3 is 4.98 Å². The molecule has 0 bridgehead atoms. The van der Waals surface area contributed by atoms with Crippen molar-refractivity contribution in [3.63, 3.8) is 0 Å². The summed E-state index contributed by atoms with van der Waals surface area (Å²) in [6, 6.07) is 2.36. The third kappa shape index (κ3) is 3.43. The molecule has 0 amide bonds. The van der Waals surface area contributed by atoms with Crippen molar-refractivity contribution in [2.75, 3.05) is 0 Å². The smallest absolute Gasteiger partial charge is 0.0175 e. The molecule has 108 valence electrons. The van der Waals surface area contributed by atoms with Crippen molar-refractivity contribution >= 4 is 0 Å². The quantitative estimate of drug-likeness (QED) is 0.748. The normalized spacial score (nSPS) is 25.4. The number of nitrogens with one attached hydrogen (secondary N) is 1. The lowest BCUT2D eigenvalue weighted by Crippen LogP contribution is -2.37. The van der Waals surface area contributed by atoms with Crippen LogP contribution in [0, 0.1) is 23.2 Å². The first-order valence-electron chi connectivity index (χ1n) is 7.94. The molecule has 1 unspecified atom stereocenters. The van der Waals surface area contributed by atoms with Crippen molar-refractivity contribution in [3.05, 3.63) is 23.5 Å². The summed E-state index contributed by atoms with van der Waals surface area (Å²) < 4.78 is 0. The molecule has 1 aliphatic rings. The Morgan fingerprint density at radius 1 is 1.21 bits per heavy atom. The fourth-order valence-electron chi connectivity index (χ4n) is 3.28. The van der Waals surface area contributed by atoms with Gasteiger partial charge in [0.1, 0.15) is 0 Å². The summed E-state index contributed by atoms with van der Waals surface area (Å²) in [5.74, 6) is 3.33. The molecule has 0 radical (unpaired) electrons. The highest BCUT2D eigenvalue weighted by atomic mass is 14.7. The van der Waals surface area contributed by atoms with Gasteiger partial charge in [-0.2, -0.15) is 0 Å². The lowest BCUT2D eigenvalue weighted by Gasteiger charge is -2.46. The lowest BCUT2D eigenvalue weighted by atomic mass is 9.59. The molecule has 1 aliphatic carbocycles. The van der Waals surface area contributed by atoms with Crippen LogP contribution in [0.15, 0.2) is 12.3 Å². The third-order valence-corrected chi connectivity index (χ3v) is 5.15. The molecule has 1 atom stereocenters. The fraction of sp³-hybridized carbons (Fsp3) is 0.778. The van der Waals surface area contributed by atoms with Crippen LogP contribution in [-0.2, 0) is 6.42 Å². The average molecular weight is 261 g/mol. The molecule has 1 saturated carbocycles. The van der Waals surface area contributed by atoms with E-state index in [9.17, 15) is 0 Å². The van der Waals surface area contributed by atoms with E-state index in [2.05, 4.69) is 58.8 Å². The van der Waals surface area contributed by atoms with Crippen LogP contribution in [-0.4, -0.2) is 4.98 Å². The Morgan fingerprint density at radius 2 is 1.84 bits per heavy atom. The van der Waals surface area contributed by atoms with E-state index < -0.39 is 0 Å². The molecule has 1 fully saturated rings. The van der Waals surface area contributed by atoms with Gasteiger partial charge in [0.2, 0.25) is 0 Å². The molecule has 19 heavy (non-hydrogen) atoms. The molecular weight excluding hydrogens is 230 g/mol. The summed E-state index contributed by atoms with van der Waals surface area (Å²) in [7, 11) is 0. The Morgan fingerprint density at radius 3 is 2.32 bits per heavy atom. The predicted molar refractivity (Wildman–Crippen MR) is 83.4 cm³/mol. The molecule has 1 aromatic heterocycles. The Kier molecular flexibility index (Phi) is 4.13. The van der Waals surface area contributed by atoms with E-state index in [0.29, 0.717) is 11.3 Å². The van der Waals surface area contributed by atoms with Crippen LogP contribution in [0.5, 0.6) is 0 Å². The number of aromatic nitrogens is 1. The molecule has 0 saturated heterocycles. The SMILES string of the molecule is CC(C)c1cc(CC(C)C2CC(C(C)(C)C)C2)c[nH]1.